The van der Waals surface area contributed by atoms with E-state index < -0.39 is 0 Å². The van der Waals surface area contributed by atoms with Crippen molar-refractivity contribution in [1.29, 1.82) is 0 Å². The first-order valence-corrected chi connectivity index (χ1v) is 16.1. The molecular weight excluding hydrogens is 570 g/mol. The van der Waals surface area contributed by atoms with Crippen molar-refractivity contribution < 1.29 is 14.3 Å². The average molecular weight is 612 g/mol. The third-order valence-corrected chi connectivity index (χ3v) is 9.20. The summed E-state index contributed by atoms with van der Waals surface area (Å²) in [4.78, 5) is 21.2. The normalized spacial score (nSPS) is 17.2. The summed E-state index contributed by atoms with van der Waals surface area (Å²) in [7, 11) is 0. The number of aryl methyl sites for hydroxylation is 1. The van der Waals surface area contributed by atoms with Gasteiger partial charge in [0, 0.05) is 66.1 Å². The number of nitrogens with one attached hydrogen (secondary N) is 1. The Hall–Kier alpha value is -3.74. The first kappa shape index (κ1) is 30.3. The molecular formula is C37H42ClN3O3. The standard InChI is InChI=1S/C37H42ClN3O3/c1-5-43-36(42)32-12-10-30(22-35(32)44-31-11-13-34-28(21-31)20-25(2)39-34)41-18-16-40(17-19-41)24-27-14-15-37(3,4)23-33(27)26-6-8-29(38)9-7-26/h6-13,20-22,39H,5,14-19,23-24H2,1-4H3. The van der Waals surface area contributed by atoms with Gasteiger partial charge in [-0.1, -0.05) is 43.2 Å². The largest absolute Gasteiger partial charge is 0.462 e. The van der Waals surface area contributed by atoms with E-state index in [-0.39, 0.29) is 5.97 Å². The van der Waals surface area contributed by atoms with Gasteiger partial charge < -0.3 is 19.4 Å². The molecule has 6 nitrogen and oxygen atoms in total. The van der Waals surface area contributed by atoms with E-state index in [2.05, 4.69) is 46.8 Å². The number of allylic oxidation sites excluding steroid dienone is 1. The van der Waals surface area contributed by atoms with Crippen molar-refractivity contribution in [2.24, 2.45) is 5.41 Å². The highest BCUT2D eigenvalue weighted by molar-refractivity contribution is 6.30. The molecule has 0 unspecified atom stereocenters. The van der Waals surface area contributed by atoms with Crippen LogP contribution in [0.5, 0.6) is 11.5 Å². The van der Waals surface area contributed by atoms with Gasteiger partial charge in [0.05, 0.1) is 6.61 Å². The Balaban J connectivity index is 1.18. The smallest absolute Gasteiger partial charge is 0.341 e. The topological polar surface area (TPSA) is 57.8 Å². The molecule has 1 aromatic heterocycles. The summed E-state index contributed by atoms with van der Waals surface area (Å²) in [5.41, 5.74) is 8.28. The lowest BCUT2D eigenvalue weighted by molar-refractivity contribution is 0.0523. The molecule has 1 aliphatic heterocycles. The number of aromatic nitrogens is 1. The predicted octanol–water partition coefficient (Wildman–Crippen LogP) is 8.88. The van der Waals surface area contributed by atoms with Crippen molar-refractivity contribution in [3.8, 4) is 11.5 Å². The van der Waals surface area contributed by atoms with Gasteiger partial charge in [0.25, 0.3) is 0 Å². The van der Waals surface area contributed by atoms with Gasteiger partial charge in [0.2, 0.25) is 0 Å². The number of anilines is 1. The van der Waals surface area contributed by atoms with Crippen LogP contribution in [0.2, 0.25) is 5.02 Å². The molecule has 0 atom stereocenters. The fraction of sp³-hybridized carbons (Fsp3) is 0.378. The minimum atomic E-state index is -0.377. The van der Waals surface area contributed by atoms with E-state index in [9.17, 15) is 4.79 Å². The summed E-state index contributed by atoms with van der Waals surface area (Å²) in [5, 5.41) is 1.85. The van der Waals surface area contributed by atoms with Crippen LogP contribution >= 0.6 is 11.6 Å². The number of carbonyl (C=O) groups is 1. The van der Waals surface area contributed by atoms with Crippen LogP contribution in [0.1, 0.15) is 61.6 Å². The van der Waals surface area contributed by atoms with Crippen LogP contribution in [-0.2, 0) is 4.74 Å². The zero-order valence-corrected chi connectivity index (χ0v) is 27.0. The molecule has 0 bridgehead atoms. The summed E-state index contributed by atoms with van der Waals surface area (Å²) in [6.07, 6.45) is 3.44. The van der Waals surface area contributed by atoms with Crippen LogP contribution in [0.4, 0.5) is 5.69 Å². The highest BCUT2D eigenvalue weighted by Crippen LogP contribution is 2.43. The van der Waals surface area contributed by atoms with Gasteiger partial charge in [0.1, 0.15) is 17.1 Å². The number of fused-ring (bicyclic) bond motifs is 1. The summed E-state index contributed by atoms with van der Waals surface area (Å²) < 4.78 is 11.7. The molecule has 7 heteroatoms. The van der Waals surface area contributed by atoms with Gasteiger partial charge in [-0.2, -0.15) is 0 Å². The maximum atomic E-state index is 12.8. The fourth-order valence-corrected chi connectivity index (χ4v) is 6.64. The van der Waals surface area contributed by atoms with Gasteiger partial charge >= 0.3 is 5.97 Å². The summed E-state index contributed by atoms with van der Waals surface area (Å²) in [6.45, 7) is 13.7. The summed E-state index contributed by atoms with van der Waals surface area (Å²) in [5.74, 6) is 0.819. The second kappa shape index (κ2) is 12.7. The predicted molar refractivity (Wildman–Crippen MR) is 180 cm³/mol. The number of hydrogen-bond acceptors (Lipinski definition) is 5. The molecule has 0 saturated carbocycles. The number of benzene rings is 3. The van der Waals surface area contributed by atoms with E-state index in [1.54, 1.807) is 5.57 Å². The number of piperazine rings is 1. The van der Waals surface area contributed by atoms with Gasteiger partial charge in [-0.25, -0.2) is 4.79 Å². The Bertz CT molecular complexity index is 1680. The lowest BCUT2D eigenvalue weighted by Crippen LogP contribution is -2.47. The van der Waals surface area contributed by atoms with Crippen molar-refractivity contribution in [2.45, 2.75) is 47.0 Å². The van der Waals surface area contributed by atoms with E-state index in [0.29, 0.717) is 29.1 Å². The van der Waals surface area contributed by atoms with Gasteiger partial charge in [0.15, 0.2) is 0 Å². The van der Waals surface area contributed by atoms with E-state index in [1.807, 2.05) is 62.4 Å². The van der Waals surface area contributed by atoms with Crippen LogP contribution in [0.15, 0.2) is 72.3 Å². The quantitative estimate of drug-likeness (QED) is 0.202. The maximum Gasteiger partial charge on any atom is 0.341 e. The molecule has 3 aromatic carbocycles. The van der Waals surface area contributed by atoms with E-state index in [4.69, 9.17) is 21.1 Å². The van der Waals surface area contributed by atoms with E-state index >= 15 is 0 Å². The number of ether oxygens (including phenoxy) is 2. The molecule has 1 fully saturated rings. The second-order valence-electron chi connectivity index (χ2n) is 12.9. The monoisotopic (exact) mass is 611 g/mol. The highest BCUT2D eigenvalue weighted by atomic mass is 35.5. The molecule has 6 rings (SSSR count). The van der Waals surface area contributed by atoms with Crippen LogP contribution in [0, 0.1) is 12.3 Å². The Kier molecular flexibility index (Phi) is 8.75. The number of esters is 1. The summed E-state index contributed by atoms with van der Waals surface area (Å²) >= 11 is 6.21. The molecule has 230 valence electrons. The number of halogens is 1. The number of rotatable bonds is 8. The van der Waals surface area contributed by atoms with Gasteiger partial charge in [-0.15, -0.1) is 0 Å². The minimum Gasteiger partial charge on any atom is -0.462 e. The number of aromatic amines is 1. The average Bonchev–Trinajstić information content (AvgIpc) is 3.38. The zero-order chi connectivity index (χ0) is 30.8. The number of carbonyl (C=O) groups excluding carboxylic acids is 1. The van der Waals surface area contributed by atoms with Gasteiger partial charge in [-0.3, -0.25) is 4.90 Å². The third kappa shape index (κ3) is 6.82. The lowest BCUT2D eigenvalue weighted by Gasteiger charge is -2.39. The molecule has 1 N–H and O–H groups in total. The van der Waals surface area contributed by atoms with Crippen molar-refractivity contribution in [3.63, 3.8) is 0 Å². The fourth-order valence-electron chi connectivity index (χ4n) is 6.51. The molecule has 0 amide bonds. The van der Waals surface area contributed by atoms with Crippen LogP contribution in [-0.4, -0.2) is 55.2 Å². The molecule has 4 aromatic rings. The Labute approximate surface area is 265 Å². The Morgan fingerprint density at radius 2 is 1.75 bits per heavy atom. The van der Waals surface area contributed by atoms with E-state index in [0.717, 1.165) is 72.9 Å². The zero-order valence-electron chi connectivity index (χ0n) is 26.2. The molecule has 1 saturated heterocycles. The summed E-state index contributed by atoms with van der Waals surface area (Å²) in [6, 6.07) is 22.2. The highest BCUT2D eigenvalue weighted by Gasteiger charge is 2.29. The molecule has 1 aliphatic carbocycles. The first-order chi connectivity index (χ1) is 21.2. The molecule has 44 heavy (non-hydrogen) atoms. The van der Waals surface area contributed by atoms with Crippen LogP contribution in [0.3, 0.4) is 0 Å². The molecule has 0 radical (unpaired) electrons. The Morgan fingerprint density at radius 3 is 2.50 bits per heavy atom. The minimum absolute atomic E-state index is 0.305. The molecule has 2 aliphatic rings. The number of hydrogen-bond donors (Lipinski definition) is 1. The van der Waals surface area contributed by atoms with Crippen molar-refractivity contribution in [2.75, 3.05) is 44.2 Å². The number of H-pyrrole nitrogens is 1. The third-order valence-electron chi connectivity index (χ3n) is 8.95. The van der Waals surface area contributed by atoms with Crippen molar-refractivity contribution in [3.05, 3.63) is 94.1 Å². The van der Waals surface area contributed by atoms with Crippen molar-refractivity contribution in [1.82, 2.24) is 9.88 Å². The number of nitrogens with zero attached hydrogens (tertiary/aromatic N) is 2. The Morgan fingerprint density at radius 1 is 0.977 bits per heavy atom. The SMILES string of the molecule is CCOC(=O)c1ccc(N2CCN(CC3=C(c4ccc(Cl)cc4)CC(C)(C)CC3)CC2)cc1Oc1ccc2[nH]c(C)cc2c1. The second-order valence-corrected chi connectivity index (χ2v) is 13.3. The molecule has 2 heterocycles. The van der Waals surface area contributed by atoms with Crippen LogP contribution < -0.4 is 9.64 Å². The van der Waals surface area contributed by atoms with Gasteiger partial charge in [-0.05, 0) is 98.2 Å². The van der Waals surface area contributed by atoms with E-state index in [1.165, 1.54) is 17.6 Å². The van der Waals surface area contributed by atoms with Crippen molar-refractivity contribution >= 4 is 39.7 Å². The maximum absolute atomic E-state index is 12.8. The van der Waals surface area contributed by atoms with Crippen LogP contribution in [0.25, 0.3) is 16.5 Å². The first-order valence-electron chi connectivity index (χ1n) is 15.7. The molecule has 0 spiro atoms. The lowest BCUT2D eigenvalue weighted by atomic mass is 9.72.